The summed E-state index contributed by atoms with van der Waals surface area (Å²) in [6.45, 7) is 6.17. The Bertz CT molecular complexity index is 516. The van der Waals surface area contributed by atoms with Crippen molar-refractivity contribution in [2.45, 2.75) is 25.8 Å². The summed E-state index contributed by atoms with van der Waals surface area (Å²) in [5, 5.41) is 21.5. The molecule has 0 aliphatic carbocycles. The van der Waals surface area contributed by atoms with E-state index < -0.39 is 17.9 Å². The highest BCUT2D eigenvalue weighted by Crippen LogP contribution is 2.11. The third-order valence-corrected chi connectivity index (χ3v) is 4.90. The Morgan fingerprint density at radius 3 is 1.90 bits per heavy atom. The first kappa shape index (κ1) is 25.0. The number of rotatable bonds is 9. The van der Waals surface area contributed by atoms with Crippen LogP contribution >= 0.6 is 0 Å². The first-order valence-electron chi connectivity index (χ1n) is 9.81. The summed E-state index contributed by atoms with van der Waals surface area (Å²) in [7, 11) is 0. The van der Waals surface area contributed by atoms with E-state index in [1.165, 1.54) is 0 Å². The molecule has 11 nitrogen and oxygen atoms in total. The van der Waals surface area contributed by atoms with E-state index in [1.54, 1.807) is 0 Å². The zero-order chi connectivity index (χ0) is 21.6. The van der Waals surface area contributed by atoms with E-state index in [4.69, 9.17) is 10.2 Å². The predicted octanol–water partition coefficient (Wildman–Crippen LogP) is -1.47. The second kappa shape index (κ2) is 14.0. The molecule has 3 N–H and O–H groups in total. The van der Waals surface area contributed by atoms with Gasteiger partial charge >= 0.3 is 24.4 Å². The highest BCUT2D eigenvalue weighted by atomic mass is 16.6. The molecule has 0 spiro atoms. The van der Waals surface area contributed by atoms with Crippen LogP contribution in [0.25, 0.3) is 0 Å². The molecule has 1 heterocycles. The molecule has 0 aromatic carbocycles. The van der Waals surface area contributed by atoms with Gasteiger partial charge in [-0.3, -0.25) is 33.9 Å². The molecular weight excluding hydrogens is 384 g/mol. The van der Waals surface area contributed by atoms with E-state index in [9.17, 15) is 19.2 Å². The molecule has 0 saturated carbocycles. The van der Waals surface area contributed by atoms with Gasteiger partial charge in [0.2, 0.25) is 0 Å². The van der Waals surface area contributed by atoms with Crippen molar-refractivity contribution in [3.8, 4) is 0 Å². The maximum absolute atomic E-state index is 11.8. The summed E-state index contributed by atoms with van der Waals surface area (Å²) in [6.07, 6.45) is 0.669. The molecule has 1 fully saturated rings. The molecule has 11 heteroatoms. The Morgan fingerprint density at radius 2 is 1.48 bits per heavy atom. The number of carboxylic acids is 2. The minimum absolute atomic E-state index is 0.0364. The van der Waals surface area contributed by atoms with Gasteiger partial charge in [-0.05, 0) is 6.42 Å². The van der Waals surface area contributed by atoms with Crippen molar-refractivity contribution in [2.75, 3.05) is 65.4 Å². The molecule has 1 aliphatic heterocycles. The van der Waals surface area contributed by atoms with Crippen LogP contribution < -0.4 is 5.32 Å². The van der Waals surface area contributed by atoms with Crippen molar-refractivity contribution >= 4 is 24.4 Å². The first-order valence-corrected chi connectivity index (χ1v) is 9.81. The van der Waals surface area contributed by atoms with Crippen LogP contribution in [0.5, 0.6) is 0 Å². The molecule has 166 valence electrons. The Labute approximate surface area is 170 Å². The highest BCUT2D eigenvalue weighted by molar-refractivity contribution is 5.76. The third-order valence-electron chi connectivity index (χ3n) is 4.90. The van der Waals surface area contributed by atoms with Gasteiger partial charge < -0.3 is 20.3 Å². The van der Waals surface area contributed by atoms with Crippen LogP contribution in [0.1, 0.15) is 19.8 Å². The van der Waals surface area contributed by atoms with Crippen LogP contribution in [0, 0.1) is 0 Å². The monoisotopic (exact) mass is 416 g/mol. The quantitative estimate of drug-likeness (QED) is 0.231. The van der Waals surface area contributed by atoms with Crippen LogP contribution in [0.15, 0.2) is 0 Å². The van der Waals surface area contributed by atoms with Crippen molar-refractivity contribution in [3.63, 3.8) is 0 Å². The SMILES string of the molecule is CCC(CC(=O)OC=O)N1CCN(CC(=O)O)CCNCCN(CC(=O)O)CC1. The molecule has 1 aliphatic rings. The Balaban J connectivity index is 2.90. The predicted molar refractivity (Wildman–Crippen MR) is 103 cm³/mol. The second-order valence-electron chi connectivity index (χ2n) is 6.98. The van der Waals surface area contributed by atoms with Crippen LogP contribution in [-0.4, -0.2) is 121 Å². The Morgan fingerprint density at radius 1 is 0.966 bits per heavy atom. The van der Waals surface area contributed by atoms with E-state index in [2.05, 4.69) is 10.1 Å². The van der Waals surface area contributed by atoms with Gasteiger partial charge in [-0.2, -0.15) is 0 Å². The number of carbonyl (C=O) groups excluding carboxylic acids is 2. The summed E-state index contributed by atoms with van der Waals surface area (Å²) in [5.74, 6) is -2.43. The molecule has 0 radical (unpaired) electrons. The number of hydrogen-bond acceptors (Lipinski definition) is 9. The largest absolute Gasteiger partial charge is 0.480 e. The van der Waals surface area contributed by atoms with Gasteiger partial charge in [0, 0.05) is 58.4 Å². The van der Waals surface area contributed by atoms with Gasteiger partial charge in [0.1, 0.15) is 0 Å². The van der Waals surface area contributed by atoms with Crippen LogP contribution in [0.3, 0.4) is 0 Å². The van der Waals surface area contributed by atoms with Crippen LogP contribution in [0.4, 0.5) is 0 Å². The maximum Gasteiger partial charge on any atom is 0.317 e. The molecule has 0 amide bonds. The van der Waals surface area contributed by atoms with Gasteiger partial charge in [0.15, 0.2) is 0 Å². The lowest BCUT2D eigenvalue weighted by atomic mass is 10.1. The number of hydrogen-bond donors (Lipinski definition) is 3. The molecule has 29 heavy (non-hydrogen) atoms. The van der Waals surface area contributed by atoms with E-state index >= 15 is 0 Å². The average Bonchev–Trinajstić information content (AvgIpc) is 2.63. The zero-order valence-electron chi connectivity index (χ0n) is 16.9. The number of ether oxygens (including phenoxy) is 1. The van der Waals surface area contributed by atoms with E-state index in [0.29, 0.717) is 58.8 Å². The second-order valence-corrected chi connectivity index (χ2v) is 6.98. The normalized spacial score (nSPS) is 19.5. The minimum Gasteiger partial charge on any atom is -0.480 e. The molecule has 1 rings (SSSR count). The van der Waals surface area contributed by atoms with Crippen LogP contribution in [-0.2, 0) is 23.9 Å². The molecule has 1 saturated heterocycles. The van der Waals surface area contributed by atoms with Gasteiger partial charge in [-0.15, -0.1) is 0 Å². The summed E-state index contributed by atoms with van der Waals surface area (Å²) in [5.41, 5.74) is 0. The Kier molecular flexibility index (Phi) is 12.0. The van der Waals surface area contributed by atoms with Crippen molar-refractivity contribution < 1.29 is 34.1 Å². The van der Waals surface area contributed by atoms with Crippen molar-refractivity contribution in [1.29, 1.82) is 0 Å². The molecule has 1 unspecified atom stereocenters. The maximum atomic E-state index is 11.8. The standard InChI is InChI=1S/C18H32N4O7/c1-2-15(11-18(28)29-14-23)22-9-7-20(12-16(24)25)5-3-19-4-6-21(8-10-22)13-17(26)27/h14-15,19H,2-13H2,1H3,(H,24,25)(H,26,27). The number of aliphatic carboxylic acids is 2. The number of nitrogens with one attached hydrogen (secondary N) is 1. The minimum atomic E-state index is -0.905. The lowest BCUT2D eigenvalue weighted by Gasteiger charge is -2.35. The number of carboxylic acid groups (broad SMARTS) is 2. The summed E-state index contributed by atoms with van der Waals surface area (Å²) >= 11 is 0. The lowest BCUT2D eigenvalue weighted by molar-refractivity contribution is -0.152. The molecular formula is C18H32N4O7. The van der Waals surface area contributed by atoms with E-state index in [-0.39, 0.29) is 32.0 Å². The fraction of sp³-hybridized carbons (Fsp3) is 0.778. The zero-order valence-corrected chi connectivity index (χ0v) is 16.9. The third kappa shape index (κ3) is 10.9. The Hall–Kier alpha value is -2.08. The number of nitrogens with zero attached hydrogens (tertiary/aromatic N) is 3. The van der Waals surface area contributed by atoms with Crippen molar-refractivity contribution in [1.82, 2.24) is 20.0 Å². The fourth-order valence-electron chi connectivity index (χ4n) is 3.36. The number of carbonyl (C=O) groups is 4. The van der Waals surface area contributed by atoms with E-state index in [1.807, 2.05) is 21.6 Å². The van der Waals surface area contributed by atoms with Gasteiger partial charge in [0.05, 0.1) is 19.5 Å². The smallest absolute Gasteiger partial charge is 0.317 e. The summed E-state index contributed by atoms with van der Waals surface area (Å²) < 4.78 is 4.42. The van der Waals surface area contributed by atoms with Gasteiger partial charge in [-0.1, -0.05) is 6.92 Å². The molecule has 0 bridgehead atoms. The first-order chi connectivity index (χ1) is 13.8. The van der Waals surface area contributed by atoms with Crippen molar-refractivity contribution in [2.24, 2.45) is 0 Å². The van der Waals surface area contributed by atoms with Gasteiger partial charge in [0.25, 0.3) is 0 Å². The van der Waals surface area contributed by atoms with Gasteiger partial charge in [-0.25, -0.2) is 0 Å². The summed E-state index contributed by atoms with van der Waals surface area (Å²) in [4.78, 5) is 50.2. The van der Waals surface area contributed by atoms with E-state index in [0.717, 1.165) is 0 Å². The highest BCUT2D eigenvalue weighted by Gasteiger charge is 2.23. The number of esters is 1. The van der Waals surface area contributed by atoms with Crippen LogP contribution in [0.2, 0.25) is 0 Å². The lowest BCUT2D eigenvalue weighted by Crippen LogP contribution is -2.49. The fourth-order valence-corrected chi connectivity index (χ4v) is 3.36. The summed E-state index contributed by atoms with van der Waals surface area (Å²) in [6, 6.07) is -0.193. The topological polar surface area (TPSA) is 140 Å². The van der Waals surface area contributed by atoms with Crippen molar-refractivity contribution in [3.05, 3.63) is 0 Å². The molecule has 0 aromatic rings. The average molecular weight is 416 g/mol. The molecule has 0 aromatic heterocycles. The molecule has 1 atom stereocenters.